The van der Waals surface area contributed by atoms with Crippen LogP contribution in [-0.2, 0) is 0 Å². The van der Waals surface area contributed by atoms with Crippen molar-refractivity contribution in [3.05, 3.63) is 48.2 Å². The number of anilines is 1. The van der Waals surface area contributed by atoms with Gasteiger partial charge in [-0.2, -0.15) is 0 Å². The highest BCUT2D eigenvalue weighted by Gasteiger charge is 2.17. The molecule has 0 aliphatic carbocycles. The first kappa shape index (κ1) is 13.5. The van der Waals surface area contributed by atoms with Crippen molar-refractivity contribution in [1.82, 2.24) is 9.38 Å². The van der Waals surface area contributed by atoms with Crippen LogP contribution in [0.3, 0.4) is 0 Å². The molecule has 2 aromatic heterocycles. The third-order valence-electron chi connectivity index (χ3n) is 3.37. The standard InChI is InChI=1S/C17H19N3O/c1-11(2)18-17-16(13-6-4-5-7-14(13)21)19-15-10-12(3)8-9-20(15)17/h4-11,18,21H,1-3H3. The summed E-state index contributed by atoms with van der Waals surface area (Å²) in [6.45, 7) is 6.22. The maximum Gasteiger partial charge on any atom is 0.139 e. The van der Waals surface area contributed by atoms with E-state index < -0.39 is 0 Å². The second-order valence-corrected chi connectivity index (χ2v) is 5.56. The third-order valence-corrected chi connectivity index (χ3v) is 3.37. The quantitative estimate of drug-likeness (QED) is 0.767. The molecule has 21 heavy (non-hydrogen) atoms. The molecule has 3 rings (SSSR count). The van der Waals surface area contributed by atoms with Crippen LogP contribution in [0.25, 0.3) is 16.9 Å². The lowest BCUT2D eigenvalue weighted by molar-refractivity contribution is 0.477. The first-order valence-corrected chi connectivity index (χ1v) is 7.10. The van der Waals surface area contributed by atoms with Gasteiger partial charge in [-0.15, -0.1) is 0 Å². The maximum atomic E-state index is 10.1. The number of para-hydroxylation sites is 1. The zero-order chi connectivity index (χ0) is 15.0. The summed E-state index contributed by atoms with van der Waals surface area (Å²) >= 11 is 0. The van der Waals surface area contributed by atoms with Crippen LogP contribution in [0.1, 0.15) is 19.4 Å². The topological polar surface area (TPSA) is 49.6 Å². The largest absolute Gasteiger partial charge is 0.507 e. The van der Waals surface area contributed by atoms with Gasteiger partial charge in [0.1, 0.15) is 22.9 Å². The lowest BCUT2D eigenvalue weighted by atomic mass is 10.1. The zero-order valence-corrected chi connectivity index (χ0v) is 12.5. The Hall–Kier alpha value is -2.49. The zero-order valence-electron chi connectivity index (χ0n) is 12.5. The van der Waals surface area contributed by atoms with Gasteiger partial charge in [0.25, 0.3) is 0 Å². The molecule has 0 spiro atoms. The van der Waals surface area contributed by atoms with Crippen LogP contribution in [0.15, 0.2) is 42.6 Å². The van der Waals surface area contributed by atoms with Crippen molar-refractivity contribution in [2.75, 3.05) is 5.32 Å². The number of fused-ring (bicyclic) bond motifs is 1. The molecule has 3 aromatic rings. The van der Waals surface area contributed by atoms with E-state index in [1.807, 2.05) is 41.8 Å². The van der Waals surface area contributed by atoms with Crippen LogP contribution in [0.2, 0.25) is 0 Å². The minimum absolute atomic E-state index is 0.240. The first-order chi connectivity index (χ1) is 10.1. The van der Waals surface area contributed by atoms with Gasteiger partial charge in [0.15, 0.2) is 0 Å². The molecule has 0 radical (unpaired) electrons. The van der Waals surface area contributed by atoms with Gasteiger partial charge < -0.3 is 10.4 Å². The summed E-state index contributed by atoms with van der Waals surface area (Å²) < 4.78 is 2.02. The van der Waals surface area contributed by atoms with Crippen molar-refractivity contribution in [3.63, 3.8) is 0 Å². The third kappa shape index (κ3) is 2.44. The second-order valence-electron chi connectivity index (χ2n) is 5.56. The normalized spacial score (nSPS) is 11.2. The minimum Gasteiger partial charge on any atom is -0.507 e. The lowest BCUT2D eigenvalue weighted by Gasteiger charge is -2.12. The van der Waals surface area contributed by atoms with Gasteiger partial charge in [-0.25, -0.2) is 4.98 Å². The molecule has 4 heteroatoms. The molecule has 0 aliphatic heterocycles. The van der Waals surface area contributed by atoms with Gasteiger partial charge in [0, 0.05) is 17.8 Å². The molecular weight excluding hydrogens is 262 g/mol. The maximum absolute atomic E-state index is 10.1. The van der Waals surface area contributed by atoms with Crippen molar-refractivity contribution in [1.29, 1.82) is 0 Å². The highest BCUT2D eigenvalue weighted by Crippen LogP contribution is 2.34. The van der Waals surface area contributed by atoms with Gasteiger partial charge >= 0.3 is 0 Å². The molecule has 0 bridgehead atoms. The molecule has 0 saturated heterocycles. The summed E-state index contributed by atoms with van der Waals surface area (Å²) in [7, 11) is 0. The average Bonchev–Trinajstić information content (AvgIpc) is 2.76. The number of nitrogens with zero attached hydrogens (tertiary/aromatic N) is 2. The van der Waals surface area contributed by atoms with E-state index in [0.29, 0.717) is 0 Å². The Morgan fingerprint density at radius 1 is 1.19 bits per heavy atom. The van der Waals surface area contributed by atoms with Crippen molar-refractivity contribution in [3.8, 4) is 17.0 Å². The Balaban J connectivity index is 2.28. The van der Waals surface area contributed by atoms with Crippen molar-refractivity contribution in [2.24, 2.45) is 0 Å². The SMILES string of the molecule is Cc1ccn2c(NC(C)C)c(-c3ccccc3O)nc2c1. The van der Waals surface area contributed by atoms with E-state index in [9.17, 15) is 5.11 Å². The average molecular weight is 281 g/mol. The van der Waals surface area contributed by atoms with E-state index in [4.69, 9.17) is 4.98 Å². The number of hydrogen-bond donors (Lipinski definition) is 2. The molecule has 1 aromatic carbocycles. The summed E-state index contributed by atoms with van der Waals surface area (Å²) in [5.74, 6) is 1.14. The van der Waals surface area contributed by atoms with Crippen molar-refractivity contribution in [2.45, 2.75) is 26.8 Å². The van der Waals surface area contributed by atoms with E-state index in [2.05, 4.69) is 25.2 Å². The number of nitrogens with one attached hydrogen (secondary N) is 1. The molecule has 0 amide bonds. The Kier molecular flexibility index (Phi) is 3.29. The van der Waals surface area contributed by atoms with Gasteiger partial charge in [-0.1, -0.05) is 12.1 Å². The number of aromatic hydroxyl groups is 1. The van der Waals surface area contributed by atoms with Crippen molar-refractivity contribution < 1.29 is 5.11 Å². The Labute approximate surface area is 124 Å². The molecule has 2 N–H and O–H groups in total. The Morgan fingerprint density at radius 2 is 1.95 bits per heavy atom. The number of pyridine rings is 1. The van der Waals surface area contributed by atoms with E-state index >= 15 is 0 Å². The lowest BCUT2D eigenvalue weighted by Crippen LogP contribution is -2.12. The monoisotopic (exact) mass is 281 g/mol. The number of aromatic nitrogens is 2. The molecule has 0 atom stereocenters. The number of hydrogen-bond acceptors (Lipinski definition) is 3. The van der Waals surface area contributed by atoms with E-state index in [0.717, 1.165) is 28.3 Å². The summed E-state index contributed by atoms with van der Waals surface area (Å²) in [4.78, 5) is 4.70. The number of rotatable bonds is 3. The summed E-state index contributed by atoms with van der Waals surface area (Å²) in [5.41, 5.74) is 3.54. The van der Waals surface area contributed by atoms with E-state index in [-0.39, 0.29) is 11.8 Å². The number of phenolic OH excluding ortho intramolecular Hbond substituents is 1. The predicted molar refractivity (Wildman–Crippen MR) is 85.8 cm³/mol. The summed E-state index contributed by atoms with van der Waals surface area (Å²) in [6.07, 6.45) is 2.01. The molecule has 4 nitrogen and oxygen atoms in total. The Bertz CT molecular complexity index is 790. The highest BCUT2D eigenvalue weighted by atomic mass is 16.3. The molecule has 0 saturated carbocycles. The number of aryl methyl sites for hydroxylation is 1. The molecular formula is C17H19N3O. The Morgan fingerprint density at radius 3 is 2.67 bits per heavy atom. The van der Waals surface area contributed by atoms with Crippen molar-refractivity contribution >= 4 is 11.5 Å². The fourth-order valence-electron chi connectivity index (χ4n) is 2.42. The molecule has 0 fully saturated rings. The van der Waals surface area contributed by atoms with Crippen LogP contribution in [0.4, 0.5) is 5.82 Å². The van der Waals surface area contributed by atoms with Gasteiger partial charge in [-0.3, -0.25) is 4.40 Å². The first-order valence-electron chi connectivity index (χ1n) is 7.10. The number of phenols is 1. The summed E-state index contributed by atoms with van der Waals surface area (Å²) in [6, 6.07) is 11.6. The molecule has 0 unspecified atom stereocenters. The van der Waals surface area contributed by atoms with Gasteiger partial charge in [-0.05, 0) is 50.6 Å². The van der Waals surface area contributed by atoms with Crippen LogP contribution < -0.4 is 5.32 Å². The highest BCUT2D eigenvalue weighted by molar-refractivity contribution is 5.80. The van der Waals surface area contributed by atoms with Crippen LogP contribution in [-0.4, -0.2) is 20.5 Å². The molecule has 2 heterocycles. The molecule has 108 valence electrons. The predicted octanol–water partition coefficient (Wildman–Crippen LogP) is 3.84. The summed E-state index contributed by atoms with van der Waals surface area (Å²) in [5, 5.41) is 13.6. The van der Waals surface area contributed by atoms with Crippen LogP contribution >= 0.6 is 0 Å². The minimum atomic E-state index is 0.240. The smallest absolute Gasteiger partial charge is 0.139 e. The second kappa shape index (κ2) is 5.13. The fourth-order valence-corrected chi connectivity index (χ4v) is 2.42. The number of benzene rings is 1. The van der Waals surface area contributed by atoms with Crippen LogP contribution in [0, 0.1) is 6.92 Å². The molecule has 0 aliphatic rings. The van der Waals surface area contributed by atoms with E-state index in [1.165, 1.54) is 0 Å². The fraction of sp³-hybridized carbons (Fsp3) is 0.235. The number of imidazole rings is 1. The van der Waals surface area contributed by atoms with Crippen LogP contribution in [0.5, 0.6) is 5.75 Å². The van der Waals surface area contributed by atoms with Gasteiger partial charge in [0.2, 0.25) is 0 Å². The van der Waals surface area contributed by atoms with Gasteiger partial charge in [0.05, 0.1) is 0 Å². The van der Waals surface area contributed by atoms with E-state index in [1.54, 1.807) is 6.07 Å².